The van der Waals surface area contributed by atoms with Crippen molar-refractivity contribution in [1.82, 2.24) is 0 Å². The minimum absolute atomic E-state index is 0. The maximum absolute atomic E-state index is 13.4. The summed E-state index contributed by atoms with van der Waals surface area (Å²) in [6.45, 7) is 0. The van der Waals surface area contributed by atoms with Crippen LogP contribution in [0.5, 0.6) is 11.5 Å². The Morgan fingerprint density at radius 1 is 1.13 bits per heavy atom. The van der Waals surface area contributed by atoms with E-state index in [4.69, 9.17) is 5.73 Å². The summed E-state index contributed by atoms with van der Waals surface area (Å²) in [4.78, 5) is 0. The second kappa shape index (κ2) is 7.37. The van der Waals surface area contributed by atoms with Crippen LogP contribution in [-0.2, 0) is 0 Å². The van der Waals surface area contributed by atoms with Crippen molar-refractivity contribution in [1.29, 1.82) is 0 Å². The van der Waals surface area contributed by atoms with Crippen LogP contribution in [0.1, 0.15) is 17.2 Å². The number of phenolic OH excluding ortho intramolecular Hbond substituents is 1. The quantitative estimate of drug-likeness (QED) is 0.716. The summed E-state index contributed by atoms with van der Waals surface area (Å²) in [6, 6.07) is 6.03. The Morgan fingerprint density at radius 2 is 1.70 bits per heavy atom. The average molecular weight is 417 g/mol. The smallest absolute Gasteiger partial charge is 0.506 e. The van der Waals surface area contributed by atoms with Crippen LogP contribution in [0.15, 0.2) is 40.9 Å². The topological polar surface area (TPSA) is 55.5 Å². The highest BCUT2D eigenvalue weighted by Crippen LogP contribution is 2.35. The number of ether oxygens (including phenoxy) is 1. The van der Waals surface area contributed by atoms with E-state index in [1.165, 1.54) is 12.1 Å². The molecule has 2 rings (SSSR count). The molecule has 0 saturated heterocycles. The molecule has 3 nitrogen and oxygen atoms in total. The summed E-state index contributed by atoms with van der Waals surface area (Å²) in [5, 5.41) is 9.89. The van der Waals surface area contributed by atoms with Gasteiger partial charge in [0.2, 0.25) is 0 Å². The first-order chi connectivity index (χ1) is 10.2. The average Bonchev–Trinajstić information content (AvgIpc) is 2.41. The highest BCUT2D eigenvalue weighted by molar-refractivity contribution is 9.10. The predicted molar refractivity (Wildman–Crippen MR) is 82.2 cm³/mol. The van der Waals surface area contributed by atoms with Gasteiger partial charge in [-0.05, 0) is 45.8 Å². The van der Waals surface area contributed by atoms with E-state index in [0.29, 0.717) is 5.56 Å². The van der Waals surface area contributed by atoms with Gasteiger partial charge < -0.3 is 15.6 Å². The maximum Gasteiger partial charge on any atom is 0.573 e. The van der Waals surface area contributed by atoms with Crippen molar-refractivity contribution in [2.24, 2.45) is 5.73 Å². The molecule has 0 aliphatic rings. The minimum atomic E-state index is -4.78. The first-order valence-corrected chi connectivity index (χ1v) is 6.76. The molecular formula is C14H11BrClF4NO2. The number of aromatic hydroxyl groups is 1. The Morgan fingerprint density at radius 3 is 2.22 bits per heavy atom. The Kier molecular flexibility index (Phi) is 6.26. The lowest BCUT2D eigenvalue weighted by Crippen LogP contribution is -2.17. The zero-order chi connectivity index (χ0) is 16.5. The molecule has 0 aromatic heterocycles. The van der Waals surface area contributed by atoms with Gasteiger partial charge in [0.15, 0.2) is 0 Å². The van der Waals surface area contributed by atoms with Crippen molar-refractivity contribution in [2.75, 3.05) is 0 Å². The molecule has 0 fully saturated rings. The summed E-state index contributed by atoms with van der Waals surface area (Å²) >= 11 is 2.99. The van der Waals surface area contributed by atoms with E-state index < -0.39 is 24.0 Å². The van der Waals surface area contributed by atoms with Crippen LogP contribution in [0, 0.1) is 5.82 Å². The molecule has 9 heteroatoms. The van der Waals surface area contributed by atoms with Gasteiger partial charge >= 0.3 is 6.36 Å². The molecule has 0 amide bonds. The highest BCUT2D eigenvalue weighted by atomic mass is 79.9. The van der Waals surface area contributed by atoms with Crippen molar-refractivity contribution >= 4 is 28.3 Å². The highest BCUT2D eigenvalue weighted by Gasteiger charge is 2.31. The Hall–Kier alpha value is -1.51. The summed E-state index contributed by atoms with van der Waals surface area (Å²) in [6.07, 6.45) is -4.78. The Bertz CT molecular complexity index is 680. The fraction of sp³-hybridized carbons (Fsp3) is 0.143. The summed E-state index contributed by atoms with van der Waals surface area (Å²) < 4.78 is 53.5. The molecular weight excluding hydrogens is 406 g/mol. The second-order valence-electron chi connectivity index (χ2n) is 4.42. The lowest BCUT2D eigenvalue weighted by Gasteiger charge is -2.16. The molecule has 2 aromatic carbocycles. The van der Waals surface area contributed by atoms with Crippen molar-refractivity contribution in [2.45, 2.75) is 12.4 Å². The van der Waals surface area contributed by atoms with Crippen LogP contribution in [0.4, 0.5) is 17.6 Å². The molecule has 0 aliphatic heterocycles. The van der Waals surface area contributed by atoms with E-state index in [1.54, 1.807) is 0 Å². The number of nitrogens with two attached hydrogens (primary N) is 1. The molecule has 0 unspecified atom stereocenters. The van der Waals surface area contributed by atoms with Gasteiger partial charge in [0, 0.05) is 5.56 Å². The lowest BCUT2D eigenvalue weighted by molar-refractivity contribution is -0.274. The molecule has 3 N–H and O–H groups in total. The third kappa shape index (κ3) is 4.98. The van der Waals surface area contributed by atoms with Crippen LogP contribution < -0.4 is 10.5 Å². The van der Waals surface area contributed by atoms with Crippen molar-refractivity contribution in [3.8, 4) is 11.5 Å². The van der Waals surface area contributed by atoms with Crippen LogP contribution >= 0.6 is 28.3 Å². The van der Waals surface area contributed by atoms with E-state index in [0.717, 1.165) is 24.3 Å². The van der Waals surface area contributed by atoms with Crippen molar-refractivity contribution in [3.63, 3.8) is 0 Å². The molecule has 0 bridgehead atoms. The Labute approximate surface area is 143 Å². The Balaban J connectivity index is 0.00000264. The molecule has 0 aliphatic carbocycles. The van der Waals surface area contributed by atoms with Crippen LogP contribution in [0.25, 0.3) is 0 Å². The van der Waals surface area contributed by atoms with E-state index in [-0.39, 0.29) is 28.2 Å². The van der Waals surface area contributed by atoms with E-state index in [1.807, 2.05) is 0 Å². The number of halogens is 6. The number of alkyl halides is 3. The van der Waals surface area contributed by atoms with Crippen molar-refractivity contribution in [3.05, 3.63) is 57.8 Å². The zero-order valence-electron chi connectivity index (χ0n) is 11.3. The van der Waals surface area contributed by atoms with Gasteiger partial charge in [-0.2, -0.15) is 0 Å². The van der Waals surface area contributed by atoms with Crippen molar-refractivity contribution < 1.29 is 27.4 Å². The number of rotatable bonds is 3. The molecule has 0 heterocycles. The monoisotopic (exact) mass is 415 g/mol. The normalized spacial score (nSPS) is 12.4. The molecule has 1 atom stereocenters. The summed E-state index contributed by atoms with van der Waals surface area (Å²) in [5.74, 6) is -1.23. The predicted octanol–water partition coefficient (Wildman–Crippen LogP) is 4.66. The maximum atomic E-state index is 13.4. The minimum Gasteiger partial charge on any atom is -0.506 e. The summed E-state index contributed by atoms with van der Waals surface area (Å²) in [5.41, 5.74) is 6.42. The molecule has 126 valence electrons. The number of benzene rings is 2. The first-order valence-electron chi connectivity index (χ1n) is 5.96. The fourth-order valence-electron chi connectivity index (χ4n) is 1.88. The molecule has 0 spiro atoms. The first kappa shape index (κ1) is 19.5. The van der Waals surface area contributed by atoms with Crippen LogP contribution in [-0.4, -0.2) is 11.5 Å². The molecule has 0 saturated carbocycles. The third-order valence-corrected chi connectivity index (χ3v) is 3.47. The van der Waals surface area contributed by atoms with E-state index >= 15 is 0 Å². The van der Waals surface area contributed by atoms with Gasteiger partial charge in [-0.15, -0.1) is 25.6 Å². The zero-order valence-corrected chi connectivity index (χ0v) is 13.7. The molecule has 0 radical (unpaired) electrons. The molecule has 2 aromatic rings. The SMILES string of the molecule is Cl.N[C@@H](c1ccc(OC(F)(F)F)cc1)c1cc(F)cc(Br)c1O. The number of phenols is 1. The van der Waals surface area contributed by atoms with Gasteiger partial charge in [0.05, 0.1) is 10.5 Å². The van der Waals surface area contributed by atoms with Gasteiger partial charge in [-0.1, -0.05) is 12.1 Å². The third-order valence-electron chi connectivity index (χ3n) is 2.87. The van der Waals surface area contributed by atoms with Gasteiger partial charge in [0.1, 0.15) is 17.3 Å². The fourth-order valence-corrected chi connectivity index (χ4v) is 2.33. The van der Waals surface area contributed by atoms with E-state index in [2.05, 4.69) is 20.7 Å². The van der Waals surface area contributed by atoms with Gasteiger partial charge in [-0.3, -0.25) is 0 Å². The van der Waals surface area contributed by atoms with Crippen LogP contribution in [0.3, 0.4) is 0 Å². The molecule has 23 heavy (non-hydrogen) atoms. The largest absolute Gasteiger partial charge is 0.573 e. The second-order valence-corrected chi connectivity index (χ2v) is 5.27. The van der Waals surface area contributed by atoms with Crippen LogP contribution in [0.2, 0.25) is 0 Å². The lowest BCUT2D eigenvalue weighted by atomic mass is 9.98. The summed E-state index contributed by atoms with van der Waals surface area (Å²) in [7, 11) is 0. The number of hydrogen-bond acceptors (Lipinski definition) is 3. The van der Waals surface area contributed by atoms with E-state index in [9.17, 15) is 22.7 Å². The van der Waals surface area contributed by atoms with Gasteiger partial charge in [0.25, 0.3) is 0 Å². The number of hydrogen-bond donors (Lipinski definition) is 2. The van der Waals surface area contributed by atoms with Gasteiger partial charge in [-0.25, -0.2) is 4.39 Å². The standard InChI is InChI=1S/C14H10BrF4NO2.ClH/c15-11-6-8(16)5-10(13(11)21)12(20)7-1-3-9(4-2-7)22-14(17,18)19;/h1-6,12,21H,20H2;1H/t12-;/m0./s1.